The van der Waals surface area contributed by atoms with Crippen molar-refractivity contribution in [1.82, 2.24) is 4.98 Å². The molecule has 1 aromatic heterocycles. The third kappa shape index (κ3) is 2.84. The van der Waals surface area contributed by atoms with E-state index >= 15 is 0 Å². The number of nitrogens with zero attached hydrogens (tertiary/aromatic N) is 1. The van der Waals surface area contributed by atoms with Crippen molar-refractivity contribution < 1.29 is 4.79 Å². The summed E-state index contributed by atoms with van der Waals surface area (Å²) in [7, 11) is 0. The average molecular weight is 312 g/mol. The summed E-state index contributed by atoms with van der Waals surface area (Å²) in [6, 6.07) is 19.4. The number of fused-ring (bicyclic) bond motifs is 2. The minimum absolute atomic E-state index is 0.0939. The number of anilines is 1. The normalized spacial score (nSPS) is 12.0. The van der Waals surface area contributed by atoms with E-state index in [0.717, 1.165) is 28.9 Å². The van der Waals surface area contributed by atoms with Gasteiger partial charge in [-0.05, 0) is 53.1 Å². The van der Waals surface area contributed by atoms with Crippen molar-refractivity contribution in [2.24, 2.45) is 0 Å². The van der Waals surface area contributed by atoms with Gasteiger partial charge in [0.2, 0.25) is 0 Å². The van der Waals surface area contributed by atoms with Crippen LogP contribution in [0.5, 0.6) is 0 Å². The van der Waals surface area contributed by atoms with Crippen molar-refractivity contribution >= 4 is 23.7 Å². The zero-order chi connectivity index (χ0) is 16.4. The van der Waals surface area contributed by atoms with E-state index in [4.69, 9.17) is 0 Å². The van der Waals surface area contributed by atoms with E-state index in [0.29, 0.717) is 5.56 Å². The molecule has 1 heterocycles. The zero-order valence-corrected chi connectivity index (χ0v) is 13.1. The third-order valence-electron chi connectivity index (χ3n) is 4.16. The zero-order valence-electron chi connectivity index (χ0n) is 13.1. The van der Waals surface area contributed by atoms with E-state index in [1.807, 2.05) is 60.7 Å². The van der Waals surface area contributed by atoms with Gasteiger partial charge in [-0.15, -0.1) is 0 Å². The minimum Gasteiger partial charge on any atom is -0.322 e. The van der Waals surface area contributed by atoms with Crippen LogP contribution in [0.4, 0.5) is 5.69 Å². The summed E-state index contributed by atoms with van der Waals surface area (Å²) in [5, 5.41) is 2.93. The molecule has 0 atom stereocenters. The van der Waals surface area contributed by atoms with Crippen molar-refractivity contribution in [3.63, 3.8) is 0 Å². The van der Waals surface area contributed by atoms with Crippen LogP contribution in [0.15, 0.2) is 66.9 Å². The summed E-state index contributed by atoms with van der Waals surface area (Å²) in [4.78, 5) is 16.9. The van der Waals surface area contributed by atoms with Crippen molar-refractivity contribution in [2.45, 2.75) is 6.42 Å². The molecule has 1 aliphatic carbocycles. The second-order valence-corrected chi connectivity index (χ2v) is 5.79. The Labute approximate surface area is 140 Å². The number of benzene rings is 2. The van der Waals surface area contributed by atoms with Gasteiger partial charge < -0.3 is 5.32 Å². The maximum atomic E-state index is 12.5. The first-order valence-corrected chi connectivity index (χ1v) is 7.91. The van der Waals surface area contributed by atoms with Crippen molar-refractivity contribution in [1.29, 1.82) is 0 Å². The van der Waals surface area contributed by atoms with E-state index in [-0.39, 0.29) is 5.91 Å². The van der Waals surface area contributed by atoms with Gasteiger partial charge in [0.25, 0.3) is 5.91 Å². The molecule has 3 aromatic rings. The first-order valence-electron chi connectivity index (χ1n) is 7.91. The van der Waals surface area contributed by atoms with Crippen LogP contribution in [0.1, 0.15) is 32.7 Å². The Bertz CT molecular complexity index is 930. The number of hydrogen-bond acceptors (Lipinski definition) is 2. The molecule has 2 aromatic carbocycles. The van der Waals surface area contributed by atoms with E-state index in [1.165, 1.54) is 5.56 Å². The highest BCUT2D eigenvalue weighted by atomic mass is 16.1. The first kappa shape index (κ1) is 14.4. The van der Waals surface area contributed by atoms with Crippen LogP contribution < -0.4 is 5.32 Å². The van der Waals surface area contributed by atoms with Crippen LogP contribution in [-0.2, 0) is 6.42 Å². The van der Waals surface area contributed by atoms with Crippen LogP contribution in [0.25, 0.3) is 12.2 Å². The lowest BCUT2D eigenvalue weighted by atomic mass is 9.99. The number of carbonyl (C=O) groups excluding carboxylic acids is 1. The molecule has 3 nitrogen and oxygen atoms in total. The molecule has 4 rings (SSSR count). The molecule has 1 amide bonds. The summed E-state index contributed by atoms with van der Waals surface area (Å²) in [6.45, 7) is 0. The molecule has 24 heavy (non-hydrogen) atoms. The van der Waals surface area contributed by atoms with Gasteiger partial charge in [0.1, 0.15) is 0 Å². The smallest absolute Gasteiger partial charge is 0.255 e. The minimum atomic E-state index is -0.0939. The maximum Gasteiger partial charge on any atom is 0.255 e. The van der Waals surface area contributed by atoms with Gasteiger partial charge in [-0.3, -0.25) is 9.78 Å². The second kappa shape index (κ2) is 6.13. The number of amides is 1. The number of rotatable bonds is 2. The highest BCUT2D eigenvalue weighted by Gasteiger charge is 2.13. The Morgan fingerprint density at radius 3 is 2.67 bits per heavy atom. The average Bonchev–Trinajstić information content (AvgIpc) is 2.81. The van der Waals surface area contributed by atoms with Crippen molar-refractivity contribution in [2.75, 3.05) is 5.32 Å². The standard InChI is InChI=1S/C21H16N2O/c24-21(23-19-6-2-1-3-7-19)17-9-8-15-10-11-20-16(5-4-12-22-20)13-18(15)14-17/h1-12,14H,13H2,(H,23,24). The highest BCUT2D eigenvalue weighted by Crippen LogP contribution is 2.24. The molecule has 0 bridgehead atoms. The number of nitrogens with one attached hydrogen (secondary N) is 1. The van der Waals surface area contributed by atoms with E-state index in [9.17, 15) is 4.79 Å². The molecule has 1 aliphatic rings. The fraction of sp³-hybridized carbons (Fsp3) is 0.0476. The predicted octanol–water partition coefficient (Wildman–Crippen LogP) is 4.41. The van der Waals surface area contributed by atoms with Crippen molar-refractivity contribution in [3.8, 4) is 0 Å². The maximum absolute atomic E-state index is 12.5. The van der Waals surface area contributed by atoms with Crippen LogP contribution in [0, 0.1) is 0 Å². The quantitative estimate of drug-likeness (QED) is 0.596. The van der Waals surface area contributed by atoms with Gasteiger partial charge in [-0.1, -0.05) is 36.4 Å². The van der Waals surface area contributed by atoms with Gasteiger partial charge >= 0.3 is 0 Å². The Morgan fingerprint density at radius 1 is 0.917 bits per heavy atom. The molecule has 0 radical (unpaired) electrons. The second-order valence-electron chi connectivity index (χ2n) is 5.79. The van der Waals surface area contributed by atoms with Crippen LogP contribution in [-0.4, -0.2) is 10.9 Å². The van der Waals surface area contributed by atoms with E-state index < -0.39 is 0 Å². The summed E-state index contributed by atoms with van der Waals surface area (Å²) in [6.07, 6.45) is 6.67. The fourth-order valence-electron chi connectivity index (χ4n) is 2.91. The highest BCUT2D eigenvalue weighted by molar-refractivity contribution is 6.04. The van der Waals surface area contributed by atoms with Crippen LogP contribution in [0.3, 0.4) is 0 Å². The molecule has 1 N–H and O–H groups in total. The number of aromatic nitrogens is 1. The molecule has 0 saturated carbocycles. The first-order chi connectivity index (χ1) is 11.8. The number of carbonyl (C=O) groups is 1. The Morgan fingerprint density at radius 2 is 1.79 bits per heavy atom. The van der Waals surface area contributed by atoms with Gasteiger partial charge in [0.15, 0.2) is 0 Å². The van der Waals surface area contributed by atoms with Gasteiger partial charge in [-0.2, -0.15) is 0 Å². The summed E-state index contributed by atoms with van der Waals surface area (Å²) < 4.78 is 0. The number of pyridine rings is 1. The predicted molar refractivity (Wildman–Crippen MR) is 96.8 cm³/mol. The summed E-state index contributed by atoms with van der Waals surface area (Å²) in [5.74, 6) is -0.0939. The largest absolute Gasteiger partial charge is 0.322 e. The summed E-state index contributed by atoms with van der Waals surface area (Å²) in [5.41, 5.74) is 5.89. The molecule has 0 fully saturated rings. The van der Waals surface area contributed by atoms with Crippen LogP contribution >= 0.6 is 0 Å². The van der Waals surface area contributed by atoms with E-state index in [2.05, 4.69) is 22.4 Å². The third-order valence-corrected chi connectivity index (χ3v) is 4.16. The molecule has 0 saturated heterocycles. The molecular weight excluding hydrogens is 296 g/mol. The Kier molecular flexibility index (Phi) is 3.67. The topological polar surface area (TPSA) is 42.0 Å². The van der Waals surface area contributed by atoms with Gasteiger partial charge in [0.05, 0.1) is 5.69 Å². The fourth-order valence-corrected chi connectivity index (χ4v) is 2.91. The lowest BCUT2D eigenvalue weighted by Crippen LogP contribution is -2.12. The SMILES string of the molecule is O=C(Nc1ccccc1)c1ccc2c(c1)Cc1cccnc1C=C2. The lowest BCUT2D eigenvalue weighted by Gasteiger charge is -2.09. The Balaban J connectivity index is 1.64. The molecule has 116 valence electrons. The molecule has 0 unspecified atom stereocenters. The van der Waals surface area contributed by atoms with E-state index in [1.54, 1.807) is 6.20 Å². The lowest BCUT2D eigenvalue weighted by molar-refractivity contribution is 0.102. The molecule has 3 heteroatoms. The monoisotopic (exact) mass is 312 g/mol. The van der Waals surface area contributed by atoms with Crippen molar-refractivity contribution in [3.05, 3.63) is 94.8 Å². The molecular formula is C21H16N2O. The van der Waals surface area contributed by atoms with Crippen LogP contribution in [0.2, 0.25) is 0 Å². The summed E-state index contributed by atoms with van der Waals surface area (Å²) >= 11 is 0. The van der Waals surface area contributed by atoms with Gasteiger partial charge in [-0.25, -0.2) is 0 Å². The molecule has 0 aliphatic heterocycles. The Hall–Kier alpha value is -3.20. The molecule has 0 spiro atoms. The number of hydrogen-bond donors (Lipinski definition) is 1. The van der Waals surface area contributed by atoms with Gasteiger partial charge in [0, 0.05) is 23.9 Å². The number of para-hydroxylation sites is 1.